The average molecular weight is 339 g/mol. The molecule has 1 N–H and O–H groups in total. The second-order valence-electron chi connectivity index (χ2n) is 5.53. The van der Waals surface area contributed by atoms with Crippen molar-refractivity contribution < 1.29 is 19.4 Å². The molecule has 0 saturated heterocycles. The maximum atomic E-state index is 12.2. The fraction of sp³-hybridized carbons (Fsp3) is 0.529. The Balaban J connectivity index is 2.58. The summed E-state index contributed by atoms with van der Waals surface area (Å²) in [5, 5.41) is 9.21. The van der Waals surface area contributed by atoms with Crippen molar-refractivity contribution in [3.63, 3.8) is 0 Å². The molecule has 0 aliphatic rings. The number of nitrogens with zero attached hydrogens (tertiary/aromatic N) is 1. The van der Waals surface area contributed by atoms with Crippen LogP contribution in [0.3, 0.4) is 0 Å². The van der Waals surface area contributed by atoms with Crippen molar-refractivity contribution in [2.45, 2.75) is 37.6 Å². The number of carbonyl (C=O) groups excluding carboxylic acids is 1. The molecule has 0 saturated carbocycles. The van der Waals surface area contributed by atoms with E-state index in [-0.39, 0.29) is 18.3 Å². The van der Waals surface area contributed by atoms with Crippen LogP contribution in [0.5, 0.6) is 0 Å². The van der Waals surface area contributed by atoms with Gasteiger partial charge in [-0.2, -0.15) is 0 Å². The second-order valence-corrected chi connectivity index (χ2v) is 6.58. The van der Waals surface area contributed by atoms with Gasteiger partial charge >= 0.3 is 5.97 Å². The molecule has 5 nitrogen and oxygen atoms in total. The van der Waals surface area contributed by atoms with Gasteiger partial charge in [-0.25, -0.2) is 4.79 Å². The van der Waals surface area contributed by atoms with E-state index in [1.807, 2.05) is 12.1 Å². The number of carboxylic acids is 1. The highest BCUT2D eigenvalue weighted by Gasteiger charge is 2.26. The summed E-state index contributed by atoms with van der Waals surface area (Å²) >= 11 is 1.41. The van der Waals surface area contributed by atoms with Gasteiger partial charge in [-0.05, 0) is 30.5 Å². The first-order chi connectivity index (χ1) is 10.9. The number of hydrogen-bond acceptors (Lipinski definition) is 4. The minimum atomic E-state index is -1.06. The van der Waals surface area contributed by atoms with Crippen LogP contribution in [0.4, 0.5) is 0 Å². The van der Waals surface area contributed by atoms with E-state index in [1.54, 1.807) is 6.92 Å². The zero-order valence-electron chi connectivity index (χ0n) is 14.1. The highest BCUT2D eigenvalue weighted by atomic mass is 32.2. The molecule has 1 aromatic carbocycles. The first kappa shape index (κ1) is 19.5. The number of carboxylic acid groups (broad SMARTS) is 1. The van der Waals surface area contributed by atoms with Crippen molar-refractivity contribution in [1.29, 1.82) is 0 Å². The highest BCUT2D eigenvalue weighted by Crippen LogP contribution is 2.22. The van der Waals surface area contributed by atoms with Gasteiger partial charge in [-0.15, -0.1) is 11.8 Å². The lowest BCUT2D eigenvalue weighted by Gasteiger charge is -2.24. The molecule has 0 aromatic heterocycles. The van der Waals surface area contributed by atoms with Crippen molar-refractivity contribution in [3.8, 4) is 0 Å². The van der Waals surface area contributed by atoms with Gasteiger partial charge in [0.2, 0.25) is 5.91 Å². The Kier molecular flexibility index (Phi) is 8.12. The molecular formula is C17H25NO4S. The van der Waals surface area contributed by atoms with Crippen LogP contribution in [-0.2, 0) is 14.3 Å². The summed E-state index contributed by atoms with van der Waals surface area (Å²) < 4.78 is 5.15. The van der Waals surface area contributed by atoms with E-state index in [0.717, 1.165) is 4.90 Å². The third-order valence-corrected chi connectivity index (χ3v) is 4.53. The van der Waals surface area contributed by atoms with Crippen molar-refractivity contribution >= 4 is 23.6 Å². The maximum Gasteiger partial charge on any atom is 0.328 e. The van der Waals surface area contributed by atoms with Crippen LogP contribution in [-0.4, -0.2) is 53.9 Å². The fourth-order valence-electron chi connectivity index (χ4n) is 1.95. The second kappa shape index (κ2) is 9.57. The molecule has 23 heavy (non-hydrogen) atoms. The molecule has 0 radical (unpaired) electrons. The Labute approximate surface area is 142 Å². The van der Waals surface area contributed by atoms with Gasteiger partial charge in [0.15, 0.2) is 6.04 Å². The van der Waals surface area contributed by atoms with Gasteiger partial charge in [-0.3, -0.25) is 4.79 Å². The van der Waals surface area contributed by atoms with Crippen LogP contribution in [0.1, 0.15) is 32.3 Å². The molecule has 0 spiro atoms. The van der Waals surface area contributed by atoms with Crippen LogP contribution < -0.4 is 0 Å². The van der Waals surface area contributed by atoms with Gasteiger partial charge in [-0.1, -0.05) is 26.0 Å². The number of aliphatic carboxylic acids is 1. The van der Waals surface area contributed by atoms with E-state index in [2.05, 4.69) is 26.0 Å². The third kappa shape index (κ3) is 6.23. The molecule has 1 atom stereocenters. The molecule has 0 bridgehead atoms. The van der Waals surface area contributed by atoms with Crippen molar-refractivity contribution in [1.82, 2.24) is 4.90 Å². The molecular weight excluding hydrogens is 314 g/mol. The number of carbonyl (C=O) groups is 2. The predicted molar refractivity (Wildman–Crippen MR) is 91.9 cm³/mol. The number of thioether (sulfide) groups is 1. The lowest BCUT2D eigenvalue weighted by molar-refractivity contribution is -0.150. The number of amides is 1. The molecule has 0 aliphatic carbocycles. The molecule has 0 aliphatic heterocycles. The SMILES string of the molecule is CCOCC(C(=O)O)N(C)C(=O)CSc1ccc(C(C)C)cc1. The summed E-state index contributed by atoms with van der Waals surface area (Å²) in [4.78, 5) is 25.7. The van der Waals surface area contributed by atoms with E-state index in [4.69, 9.17) is 4.74 Å². The minimum absolute atomic E-state index is 0.00181. The van der Waals surface area contributed by atoms with E-state index < -0.39 is 12.0 Å². The maximum absolute atomic E-state index is 12.2. The van der Waals surface area contributed by atoms with Gasteiger partial charge in [0.1, 0.15) is 0 Å². The van der Waals surface area contributed by atoms with Gasteiger partial charge in [0.05, 0.1) is 12.4 Å². The minimum Gasteiger partial charge on any atom is -0.480 e. The summed E-state index contributed by atoms with van der Waals surface area (Å²) in [6.07, 6.45) is 0. The quantitative estimate of drug-likeness (QED) is 0.701. The zero-order chi connectivity index (χ0) is 17.4. The molecule has 1 aromatic rings. The van der Waals surface area contributed by atoms with Crippen LogP contribution in [0.2, 0.25) is 0 Å². The van der Waals surface area contributed by atoms with E-state index in [1.165, 1.54) is 29.3 Å². The Morgan fingerprint density at radius 1 is 1.26 bits per heavy atom. The Hall–Kier alpha value is -1.53. The summed E-state index contributed by atoms with van der Waals surface area (Å²) in [5.74, 6) is -0.611. The summed E-state index contributed by atoms with van der Waals surface area (Å²) in [6, 6.07) is 7.13. The van der Waals surface area contributed by atoms with Crippen LogP contribution in [0.25, 0.3) is 0 Å². The monoisotopic (exact) mass is 339 g/mol. The standard InChI is InChI=1S/C17H25NO4S/c1-5-22-10-15(17(20)21)18(4)16(19)11-23-14-8-6-13(7-9-14)12(2)3/h6-9,12,15H,5,10-11H2,1-4H3,(H,20,21). The molecule has 128 valence electrons. The van der Waals surface area contributed by atoms with E-state index in [0.29, 0.717) is 12.5 Å². The Morgan fingerprint density at radius 2 is 1.87 bits per heavy atom. The smallest absolute Gasteiger partial charge is 0.328 e. The fourth-order valence-corrected chi connectivity index (χ4v) is 2.77. The third-order valence-electron chi connectivity index (χ3n) is 3.53. The molecule has 0 heterocycles. The summed E-state index contributed by atoms with van der Waals surface area (Å²) in [7, 11) is 1.50. The number of rotatable bonds is 9. The molecule has 0 fully saturated rings. The first-order valence-corrected chi connectivity index (χ1v) is 8.64. The predicted octanol–water partition coefficient (Wildman–Crippen LogP) is 2.85. The van der Waals surface area contributed by atoms with E-state index >= 15 is 0 Å². The highest BCUT2D eigenvalue weighted by molar-refractivity contribution is 8.00. The van der Waals surface area contributed by atoms with Gasteiger partial charge in [0.25, 0.3) is 0 Å². The summed E-state index contributed by atoms with van der Waals surface area (Å²) in [5.41, 5.74) is 1.25. The van der Waals surface area contributed by atoms with Crippen LogP contribution >= 0.6 is 11.8 Å². The molecule has 6 heteroatoms. The average Bonchev–Trinajstić information content (AvgIpc) is 2.52. The van der Waals surface area contributed by atoms with Crippen molar-refractivity contribution in [2.75, 3.05) is 26.0 Å². The van der Waals surface area contributed by atoms with Gasteiger partial charge in [0, 0.05) is 18.6 Å². The first-order valence-electron chi connectivity index (χ1n) is 7.65. The number of hydrogen-bond donors (Lipinski definition) is 1. The van der Waals surface area contributed by atoms with Gasteiger partial charge < -0.3 is 14.7 Å². The lowest BCUT2D eigenvalue weighted by atomic mass is 10.0. The lowest BCUT2D eigenvalue weighted by Crippen LogP contribution is -2.46. The topological polar surface area (TPSA) is 66.8 Å². The Morgan fingerprint density at radius 3 is 2.35 bits per heavy atom. The summed E-state index contributed by atoms with van der Waals surface area (Å²) in [6.45, 7) is 6.47. The molecule has 1 rings (SSSR count). The number of likely N-dealkylation sites (N-methyl/N-ethyl adjacent to an activating group) is 1. The largest absolute Gasteiger partial charge is 0.480 e. The van der Waals surface area contributed by atoms with Crippen molar-refractivity contribution in [3.05, 3.63) is 29.8 Å². The Bertz CT molecular complexity index is 516. The normalized spacial score (nSPS) is 12.2. The molecule has 1 unspecified atom stereocenters. The number of ether oxygens (including phenoxy) is 1. The number of benzene rings is 1. The van der Waals surface area contributed by atoms with Crippen LogP contribution in [0, 0.1) is 0 Å². The zero-order valence-corrected chi connectivity index (χ0v) is 14.9. The van der Waals surface area contributed by atoms with E-state index in [9.17, 15) is 14.7 Å². The van der Waals surface area contributed by atoms with Crippen molar-refractivity contribution in [2.24, 2.45) is 0 Å². The molecule has 1 amide bonds. The van der Waals surface area contributed by atoms with Crippen LogP contribution in [0.15, 0.2) is 29.2 Å².